The first-order chi connectivity index (χ1) is 36.7. The van der Waals surface area contributed by atoms with Crippen molar-refractivity contribution in [3.8, 4) is 0 Å². The predicted octanol–water partition coefficient (Wildman–Crippen LogP) is 5.70. The Hall–Kier alpha value is -4.05. The molecule has 2 heterocycles. The van der Waals surface area contributed by atoms with Crippen molar-refractivity contribution in [2.75, 3.05) is 60.7 Å². The van der Waals surface area contributed by atoms with Gasteiger partial charge in [-0.25, -0.2) is 4.79 Å². The van der Waals surface area contributed by atoms with Gasteiger partial charge in [-0.2, -0.15) is 5.10 Å². The van der Waals surface area contributed by atoms with Crippen LogP contribution in [0.1, 0.15) is 119 Å². The molecule has 0 bridgehead atoms. The lowest BCUT2D eigenvalue weighted by Gasteiger charge is -2.60. The van der Waals surface area contributed by atoms with Crippen LogP contribution in [0.2, 0.25) is 0 Å². The fraction of sp³-hybridized carbons (Fsp3) is 0.776. The molecule has 428 valence electrons. The largest absolute Gasteiger partial charge is 0.453 e. The molecule has 0 aromatic heterocycles. The number of hydrogen-bond acceptors (Lipinski definition) is 18. The molecular weight excluding hydrogens is 989 g/mol. The fourth-order valence-electron chi connectivity index (χ4n) is 17.3. The molecule has 77 heavy (non-hydrogen) atoms. The normalized spacial score (nSPS) is 43.9. The molecule has 10 aliphatic rings. The second kappa shape index (κ2) is 22.5. The highest BCUT2D eigenvalue weighted by Crippen LogP contribution is 2.71. The SMILES string of the molecule is CC1O[C@@H]2C[C@H]3[C@@H]4CCC5=C/C(=N/OCCCCN)C=C[C@]5(C)[C@H]4[C@@H](O)C[C@]3(C)[C@]2(/C(CO)=N\N(C)C)O1.COC(=O)NCCCCO/N=C1\C=C[C@@]2(C)C(=C1)CC[C@@H]1[C@@H]2[C@@H](O)C[C@@]2(C)[C@H]1C[C@H]1OC(C)O[C@]12C(=O)CO. The number of nitrogens with zero attached hydrogens (tertiary/aromatic N) is 4. The lowest BCUT2D eigenvalue weighted by Crippen LogP contribution is -2.63. The van der Waals surface area contributed by atoms with Crippen molar-refractivity contribution < 1.29 is 63.4 Å². The van der Waals surface area contributed by atoms with Crippen LogP contribution in [0.15, 0.2) is 63.0 Å². The van der Waals surface area contributed by atoms with Crippen LogP contribution in [0, 0.1) is 57.2 Å². The number of hydrazone groups is 1. The summed E-state index contributed by atoms with van der Waals surface area (Å²) >= 11 is 0. The Morgan fingerprint density at radius 3 is 1.73 bits per heavy atom. The van der Waals surface area contributed by atoms with Gasteiger partial charge >= 0.3 is 6.09 Å². The number of oxime groups is 2. The summed E-state index contributed by atoms with van der Waals surface area (Å²) in [5.41, 5.74) is 6.60. The molecule has 2 aliphatic heterocycles. The first kappa shape index (κ1) is 57.6. The number of ether oxygens (including phenoxy) is 5. The summed E-state index contributed by atoms with van der Waals surface area (Å²) in [4.78, 5) is 35.4. The van der Waals surface area contributed by atoms with E-state index in [-0.39, 0.29) is 65.2 Å². The zero-order valence-corrected chi connectivity index (χ0v) is 46.9. The number of alkyl carbamates (subject to hydrolysis) is 1. The molecule has 0 aromatic carbocycles. The minimum absolute atomic E-state index is 0.00543. The third-order valence-corrected chi connectivity index (χ3v) is 20.4. The number of carbonyl (C=O) groups excluding carboxylic acids is 2. The summed E-state index contributed by atoms with van der Waals surface area (Å²) in [6.07, 6.45) is 19.1. The Labute approximate surface area is 454 Å². The Bertz CT molecular complexity index is 2430. The van der Waals surface area contributed by atoms with E-state index in [4.69, 9.17) is 39.5 Å². The van der Waals surface area contributed by atoms with E-state index in [1.54, 1.807) is 11.9 Å². The summed E-state index contributed by atoms with van der Waals surface area (Å²) in [5.74, 6) is 0.641. The molecule has 0 spiro atoms. The highest BCUT2D eigenvalue weighted by Gasteiger charge is 2.77. The van der Waals surface area contributed by atoms with Crippen LogP contribution in [0.3, 0.4) is 0 Å². The monoisotopic (exact) mass is 1080 g/mol. The van der Waals surface area contributed by atoms with Crippen LogP contribution in [-0.4, -0.2) is 163 Å². The maximum atomic E-state index is 13.2. The van der Waals surface area contributed by atoms with Crippen molar-refractivity contribution in [2.24, 2.45) is 78.3 Å². The predicted molar refractivity (Wildman–Crippen MR) is 288 cm³/mol. The fourth-order valence-corrected chi connectivity index (χ4v) is 17.3. The highest BCUT2D eigenvalue weighted by molar-refractivity contribution is 6.06. The Balaban J connectivity index is 0.000000188. The quantitative estimate of drug-likeness (QED) is 0.0615. The molecule has 2 saturated heterocycles. The van der Waals surface area contributed by atoms with E-state index in [0.717, 1.165) is 69.2 Å². The van der Waals surface area contributed by atoms with Gasteiger partial charge in [0.2, 0.25) is 0 Å². The number of unbranched alkanes of at least 4 members (excludes halogenated alkanes) is 2. The van der Waals surface area contributed by atoms with Crippen molar-refractivity contribution in [1.82, 2.24) is 10.3 Å². The molecule has 18 atom stereocenters. The summed E-state index contributed by atoms with van der Waals surface area (Å²) in [6, 6.07) is 0. The first-order valence-electron chi connectivity index (χ1n) is 28.5. The second-order valence-electron chi connectivity index (χ2n) is 24.6. The third-order valence-electron chi connectivity index (χ3n) is 20.4. The van der Waals surface area contributed by atoms with Crippen LogP contribution >= 0.6 is 0 Å². The third kappa shape index (κ3) is 9.66. The molecule has 19 heteroatoms. The van der Waals surface area contributed by atoms with Crippen LogP contribution in [-0.2, 0) is 38.2 Å². The van der Waals surface area contributed by atoms with Gasteiger partial charge in [0.1, 0.15) is 36.8 Å². The number of amides is 1. The van der Waals surface area contributed by atoms with Gasteiger partial charge in [-0.15, -0.1) is 0 Å². The maximum absolute atomic E-state index is 13.2. The number of nitrogens with one attached hydrogen (secondary N) is 1. The number of allylic oxidation sites excluding steroid dienone is 8. The summed E-state index contributed by atoms with van der Waals surface area (Å²) in [5, 5.41) is 61.7. The summed E-state index contributed by atoms with van der Waals surface area (Å²) in [7, 11) is 5.05. The molecule has 0 radical (unpaired) electrons. The topological polar surface area (TPSA) is 258 Å². The summed E-state index contributed by atoms with van der Waals surface area (Å²) < 4.78 is 29.9. The molecule has 8 fully saturated rings. The smallest absolute Gasteiger partial charge is 0.406 e. The van der Waals surface area contributed by atoms with Gasteiger partial charge in [-0.1, -0.05) is 61.3 Å². The van der Waals surface area contributed by atoms with Gasteiger partial charge in [0.15, 0.2) is 24.0 Å². The second-order valence-corrected chi connectivity index (χ2v) is 24.6. The summed E-state index contributed by atoms with van der Waals surface area (Å²) in [6.45, 7) is 13.9. The van der Waals surface area contributed by atoms with Crippen LogP contribution in [0.5, 0.6) is 0 Å². The van der Waals surface area contributed by atoms with Crippen molar-refractivity contribution >= 4 is 29.0 Å². The van der Waals surface area contributed by atoms with E-state index < -0.39 is 59.3 Å². The minimum atomic E-state index is -1.22. The molecule has 1 amide bonds. The molecule has 19 nitrogen and oxygen atoms in total. The molecule has 6 saturated carbocycles. The Morgan fingerprint density at radius 2 is 1.25 bits per heavy atom. The zero-order valence-electron chi connectivity index (χ0n) is 46.9. The van der Waals surface area contributed by atoms with Crippen LogP contribution in [0.25, 0.3) is 0 Å². The number of ketones is 1. The maximum Gasteiger partial charge on any atom is 0.406 e. The van der Waals surface area contributed by atoms with E-state index in [2.05, 4.69) is 72.4 Å². The molecule has 10 rings (SSSR count). The van der Waals surface area contributed by atoms with Crippen molar-refractivity contribution in [3.63, 3.8) is 0 Å². The van der Waals surface area contributed by atoms with Gasteiger partial charge in [-0.3, -0.25) is 4.79 Å². The molecule has 0 aromatic rings. The van der Waals surface area contributed by atoms with Crippen LogP contribution < -0.4 is 11.1 Å². The molecule has 2 unspecified atom stereocenters. The lowest BCUT2D eigenvalue weighted by molar-refractivity contribution is -0.196. The number of aliphatic hydroxyl groups excluding tert-OH is 4. The van der Waals surface area contributed by atoms with Gasteiger partial charge in [-0.05, 0) is 145 Å². The number of carbonyl (C=O) groups is 2. The number of hydrogen-bond donors (Lipinski definition) is 6. The minimum Gasteiger partial charge on any atom is -0.453 e. The van der Waals surface area contributed by atoms with Gasteiger partial charge < -0.3 is 69.8 Å². The number of nitrogens with two attached hydrogens (primary N) is 1. The van der Waals surface area contributed by atoms with E-state index in [9.17, 15) is 30.0 Å². The van der Waals surface area contributed by atoms with Gasteiger partial charge in [0.05, 0.1) is 43.8 Å². The highest BCUT2D eigenvalue weighted by atomic mass is 16.7. The molecular formula is C58H88N6O13. The van der Waals surface area contributed by atoms with E-state index in [1.165, 1.54) is 18.3 Å². The Kier molecular flexibility index (Phi) is 16.8. The van der Waals surface area contributed by atoms with Gasteiger partial charge in [0, 0.05) is 54.1 Å². The molecule has 8 aliphatic carbocycles. The Morgan fingerprint density at radius 1 is 0.753 bits per heavy atom. The zero-order chi connectivity index (χ0) is 55.3. The first-order valence-corrected chi connectivity index (χ1v) is 28.5. The average Bonchev–Trinajstić information content (AvgIpc) is 4.30. The van der Waals surface area contributed by atoms with Crippen molar-refractivity contribution in [2.45, 2.75) is 167 Å². The molecule has 7 N–H and O–H groups in total. The lowest BCUT2D eigenvalue weighted by atomic mass is 9.46. The van der Waals surface area contributed by atoms with Gasteiger partial charge in [0.25, 0.3) is 0 Å². The van der Waals surface area contributed by atoms with E-state index in [1.807, 2.05) is 33.2 Å². The van der Waals surface area contributed by atoms with Crippen LogP contribution in [0.4, 0.5) is 4.79 Å². The number of aliphatic hydroxyl groups is 4. The van der Waals surface area contributed by atoms with Crippen molar-refractivity contribution in [1.29, 1.82) is 0 Å². The number of rotatable bonds is 16. The number of fused-ring (bicyclic) bond motifs is 14. The van der Waals surface area contributed by atoms with E-state index in [0.29, 0.717) is 57.2 Å². The average molecular weight is 1080 g/mol. The van der Waals surface area contributed by atoms with Crippen molar-refractivity contribution in [3.05, 3.63) is 47.6 Å². The standard InChI is InChI=1S/C29H46N4O5.C29H42N2O8/c1-18-37-25-15-22-21-9-8-19-14-20(32-36-13-7-6-12-30)10-11-27(19,2)26(21)23(35)16-28(22,3)29(25,38-18)24(17-34)31-33(4)5;1-17-38-24-14-21-20-8-7-18-13-19(31-37-12-6-5-11-30-26(35)36-4)9-10-27(18,2)25(20)22(33)15-28(21,3)29(24,39-17)23(34)16-32/h10-11,14,18,21-23,25-26,34-35H,6-9,12-13,15-17,30H2,1-5H3;9-10,13,17,20-22,24-25,32-33H,5-8,11-12,14-16H2,1-4H3,(H,30,35)/b31-24-,32-20+;31-19+/t18?,21-,22-,23-,25+,26+,27-,28-,29+;17?,20-,21-,22-,24+,25+,27-,28-,29+/m00/s1. The number of Topliss-reactive ketones (excluding diaryl/α,β-unsaturated/α-hetero) is 1. The number of methoxy groups -OCH3 is 1. The van der Waals surface area contributed by atoms with E-state index >= 15 is 0 Å².